The maximum atomic E-state index is 2.55. The van der Waals surface area contributed by atoms with Crippen molar-refractivity contribution in [3.8, 4) is 0 Å². The highest BCUT2D eigenvalue weighted by atomic mass is 127. The summed E-state index contributed by atoms with van der Waals surface area (Å²) in [5.41, 5.74) is 1.43. The van der Waals surface area contributed by atoms with E-state index in [-0.39, 0.29) is 24.0 Å². The second-order valence-corrected chi connectivity index (χ2v) is 5.14. The first-order chi connectivity index (χ1) is 7.16. The van der Waals surface area contributed by atoms with Gasteiger partial charge in [-0.1, -0.05) is 30.3 Å². The maximum absolute atomic E-state index is 2.55. The van der Waals surface area contributed by atoms with Gasteiger partial charge in [-0.3, -0.25) is 4.90 Å². The van der Waals surface area contributed by atoms with E-state index in [2.05, 4.69) is 49.3 Å². The number of rotatable bonds is 2. The van der Waals surface area contributed by atoms with E-state index in [9.17, 15) is 0 Å². The van der Waals surface area contributed by atoms with Crippen molar-refractivity contribution in [3.05, 3.63) is 35.9 Å². The summed E-state index contributed by atoms with van der Waals surface area (Å²) in [6.07, 6.45) is 0. The zero-order valence-electron chi connectivity index (χ0n) is 10.2. The molecule has 1 fully saturated rings. The summed E-state index contributed by atoms with van der Waals surface area (Å²) in [4.78, 5) is 2.55. The summed E-state index contributed by atoms with van der Waals surface area (Å²) in [5, 5.41) is 0. The number of hydrogen-bond acceptors (Lipinski definition) is 1. The molecule has 3 heteroatoms. The van der Waals surface area contributed by atoms with Gasteiger partial charge < -0.3 is 28.5 Å². The summed E-state index contributed by atoms with van der Waals surface area (Å²) < 4.78 is 1.17. The Morgan fingerprint density at radius 3 is 2.19 bits per heavy atom. The van der Waals surface area contributed by atoms with Gasteiger partial charge in [-0.15, -0.1) is 0 Å². The van der Waals surface area contributed by atoms with Gasteiger partial charge in [0.1, 0.15) is 0 Å². The Labute approximate surface area is 116 Å². The van der Waals surface area contributed by atoms with Gasteiger partial charge >= 0.3 is 0 Å². The van der Waals surface area contributed by atoms with Crippen LogP contribution in [-0.2, 0) is 6.54 Å². The first kappa shape index (κ1) is 13.9. The predicted octanol–water partition coefficient (Wildman–Crippen LogP) is -1.42. The van der Waals surface area contributed by atoms with Crippen LogP contribution in [0.2, 0.25) is 0 Å². The predicted molar refractivity (Wildman–Crippen MR) is 63.6 cm³/mol. The first-order valence-electron chi connectivity index (χ1n) is 5.74. The van der Waals surface area contributed by atoms with E-state index in [0.29, 0.717) is 0 Å². The standard InChI is InChI=1S/C13H21N2.HI/c1-15(2)10-8-14(9-11-15)12-13-6-4-3-5-7-13;/h3-7H,8-12H2,1-2H3;1H/q+1;/p-1. The number of piperazine rings is 1. The van der Waals surface area contributed by atoms with E-state index in [0.717, 1.165) is 6.54 Å². The molecule has 2 nitrogen and oxygen atoms in total. The zero-order chi connectivity index (χ0) is 10.7. The van der Waals surface area contributed by atoms with Crippen LogP contribution in [0.1, 0.15) is 5.56 Å². The van der Waals surface area contributed by atoms with Gasteiger partial charge in [-0.05, 0) is 5.56 Å². The summed E-state index contributed by atoms with van der Waals surface area (Å²) in [6, 6.07) is 10.8. The third kappa shape index (κ3) is 4.03. The Morgan fingerprint density at radius 1 is 1.06 bits per heavy atom. The molecular weight excluding hydrogens is 311 g/mol. The van der Waals surface area contributed by atoms with Crippen LogP contribution >= 0.6 is 0 Å². The Hall–Kier alpha value is -0.130. The fourth-order valence-electron chi connectivity index (χ4n) is 2.05. The lowest BCUT2D eigenvalue weighted by Gasteiger charge is -2.39. The molecule has 0 aromatic heterocycles. The van der Waals surface area contributed by atoms with E-state index in [1.807, 2.05) is 0 Å². The molecule has 0 spiro atoms. The third-order valence-electron chi connectivity index (χ3n) is 3.29. The fourth-order valence-corrected chi connectivity index (χ4v) is 2.05. The largest absolute Gasteiger partial charge is 1.00 e. The molecule has 1 aliphatic rings. The van der Waals surface area contributed by atoms with Gasteiger partial charge in [0, 0.05) is 19.6 Å². The Bertz CT molecular complexity index is 301. The second kappa shape index (κ2) is 5.98. The van der Waals surface area contributed by atoms with Crippen molar-refractivity contribution < 1.29 is 28.5 Å². The molecule has 90 valence electrons. The van der Waals surface area contributed by atoms with Gasteiger partial charge in [-0.2, -0.15) is 0 Å². The van der Waals surface area contributed by atoms with Crippen LogP contribution in [0, 0.1) is 0 Å². The highest BCUT2D eigenvalue weighted by molar-refractivity contribution is 5.14. The minimum absolute atomic E-state index is 0. The molecule has 1 aromatic carbocycles. The normalized spacial score (nSPS) is 20.1. The first-order valence-corrected chi connectivity index (χ1v) is 5.74. The van der Waals surface area contributed by atoms with E-state index < -0.39 is 0 Å². The molecule has 0 bridgehead atoms. The van der Waals surface area contributed by atoms with Crippen LogP contribution < -0.4 is 24.0 Å². The van der Waals surface area contributed by atoms with Crippen molar-refractivity contribution in [1.82, 2.24) is 4.90 Å². The quantitative estimate of drug-likeness (QED) is 0.475. The number of nitrogens with zero attached hydrogens (tertiary/aromatic N) is 2. The molecule has 0 amide bonds. The average Bonchev–Trinajstić information content (AvgIpc) is 2.23. The van der Waals surface area contributed by atoms with Gasteiger partial charge in [0.05, 0.1) is 27.2 Å². The lowest BCUT2D eigenvalue weighted by Crippen LogP contribution is -3.00. The summed E-state index contributed by atoms with van der Waals surface area (Å²) in [7, 11) is 4.64. The minimum Gasteiger partial charge on any atom is -1.00 e. The van der Waals surface area contributed by atoms with Crippen LogP contribution in [0.25, 0.3) is 0 Å². The minimum atomic E-state index is 0. The molecule has 0 radical (unpaired) electrons. The topological polar surface area (TPSA) is 3.24 Å². The lowest BCUT2D eigenvalue weighted by molar-refractivity contribution is -0.894. The monoisotopic (exact) mass is 332 g/mol. The number of quaternary nitrogens is 1. The maximum Gasteiger partial charge on any atom is 0.0912 e. The van der Waals surface area contributed by atoms with E-state index in [1.54, 1.807) is 0 Å². The van der Waals surface area contributed by atoms with Gasteiger partial charge in [0.2, 0.25) is 0 Å². The van der Waals surface area contributed by atoms with Gasteiger partial charge in [0.25, 0.3) is 0 Å². The van der Waals surface area contributed by atoms with E-state index in [1.165, 1.54) is 36.2 Å². The van der Waals surface area contributed by atoms with Crippen molar-refractivity contribution in [2.45, 2.75) is 6.54 Å². The molecular formula is C13H21IN2. The lowest BCUT2D eigenvalue weighted by atomic mass is 10.2. The molecule has 1 aromatic rings. The molecule has 0 N–H and O–H groups in total. The average molecular weight is 332 g/mol. The second-order valence-electron chi connectivity index (χ2n) is 5.14. The molecule has 0 atom stereocenters. The van der Waals surface area contributed by atoms with Gasteiger partial charge in [0.15, 0.2) is 0 Å². The summed E-state index contributed by atoms with van der Waals surface area (Å²) in [5.74, 6) is 0. The molecule has 0 unspecified atom stereocenters. The van der Waals surface area contributed by atoms with Crippen molar-refractivity contribution in [3.63, 3.8) is 0 Å². The SMILES string of the molecule is C[N+]1(C)CCN(Cc2ccccc2)CC1.[I-]. The molecule has 1 saturated heterocycles. The molecule has 2 rings (SSSR count). The fraction of sp³-hybridized carbons (Fsp3) is 0.538. The zero-order valence-corrected chi connectivity index (χ0v) is 12.4. The van der Waals surface area contributed by atoms with Crippen LogP contribution in [0.4, 0.5) is 0 Å². The summed E-state index contributed by atoms with van der Waals surface area (Å²) >= 11 is 0. The Morgan fingerprint density at radius 2 is 1.62 bits per heavy atom. The van der Waals surface area contributed by atoms with E-state index >= 15 is 0 Å². The van der Waals surface area contributed by atoms with Crippen molar-refractivity contribution in [1.29, 1.82) is 0 Å². The number of halogens is 1. The summed E-state index contributed by atoms with van der Waals surface area (Å²) in [6.45, 7) is 6.10. The highest BCUT2D eigenvalue weighted by Gasteiger charge is 2.23. The molecule has 0 saturated carbocycles. The highest BCUT2D eigenvalue weighted by Crippen LogP contribution is 2.10. The van der Waals surface area contributed by atoms with E-state index in [4.69, 9.17) is 0 Å². The van der Waals surface area contributed by atoms with Crippen LogP contribution in [0.5, 0.6) is 0 Å². The number of benzene rings is 1. The Kier molecular flexibility index (Phi) is 5.21. The molecule has 16 heavy (non-hydrogen) atoms. The van der Waals surface area contributed by atoms with Crippen LogP contribution in [0.3, 0.4) is 0 Å². The third-order valence-corrected chi connectivity index (χ3v) is 3.29. The van der Waals surface area contributed by atoms with Crippen LogP contribution in [0.15, 0.2) is 30.3 Å². The molecule has 0 aliphatic carbocycles. The number of likely N-dealkylation sites (N-methyl/N-ethyl adjacent to an activating group) is 1. The molecule has 1 aliphatic heterocycles. The van der Waals surface area contributed by atoms with Crippen molar-refractivity contribution in [2.24, 2.45) is 0 Å². The smallest absolute Gasteiger partial charge is 0.0912 e. The van der Waals surface area contributed by atoms with Crippen molar-refractivity contribution >= 4 is 0 Å². The molecule has 1 heterocycles. The van der Waals surface area contributed by atoms with Gasteiger partial charge in [-0.25, -0.2) is 0 Å². The number of hydrogen-bond donors (Lipinski definition) is 0. The van der Waals surface area contributed by atoms with Crippen molar-refractivity contribution in [2.75, 3.05) is 40.3 Å². The Balaban J connectivity index is 0.00000128. The van der Waals surface area contributed by atoms with Crippen LogP contribution in [-0.4, -0.2) is 49.7 Å².